The molecule has 1 aromatic heterocycles. The number of urea groups is 1. The maximum absolute atomic E-state index is 13.4. The fourth-order valence-electron chi connectivity index (χ4n) is 5.76. The van der Waals surface area contributed by atoms with Gasteiger partial charge in [0.2, 0.25) is 5.91 Å². The average Bonchev–Trinajstić information content (AvgIpc) is 3.55. The molecule has 39 heavy (non-hydrogen) atoms. The maximum atomic E-state index is 13.4. The van der Waals surface area contributed by atoms with E-state index < -0.39 is 0 Å². The second-order valence-corrected chi connectivity index (χ2v) is 11.1. The number of rotatable bonds is 7. The molecule has 4 aliphatic rings. The Labute approximate surface area is 229 Å². The lowest BCUT2D eigenvalue weighted by Gasteiger charge is -2.45. The number of hydrogen-bond acceptors (Lipinski definition) is 8. The lowest BCUT2D eigenvalue weighted by molar-refractivity contribution is -0.117. The zero-order valence-electron chi connectivity index (χ0n) is 21.1. The molecule has 11 nitrogen and oxygen atoms in total. The van der Waals surface area contributed by atoms with E-state index in [1.54, 1.807) is 17.3 Å². The molecule has 4 heterocycles. The Balaban J connectivity index is 1.17. The van der Waals surface area contributed by atoms with E-state index in [0.717, 1.165) is 19.3 Å². The molecule has 3 aliphatic heterocycles. The second kappa shape index (κ2) is 10.7. The summed E-state index contributed by atoms with van der Waals surface area (Å²) in [6, 6.07) is 8.96. The summed E-state index contributed by atoms with van der Waals surface area (Å²) in [4.78, 5) is 49.2. The van der Waals surface area contributed by atoms with Crippen LogP contribution in [0.25, 0.3) is 0 Å². The molecule has 1 aromatic carbocycles. The molecule has 3 unspecified atom stereocenters. The SMILES string of the molecule is C=CC(=O)N[C@@H]1CC[C@H](NC(=O)C2=C3NC(=O)N(c4cnc(Oc5ccccc5)nc4)C4CCNC(S2)C34)C1. The zero-order valence-corrected chi connectivity index (χ0v) is 21.9. The summed E-state index contributed by atoms with van der Waals surface area (Å²) in [6.07, 6.45) is 7.40. The van der Waals surface area contributed by atoms with Gasteiger partial charge < -0.3 is 26.0 Å². The van der Waals surface area contributed by atoms with Crippen molar-refractivity contribution in [1.29, 1.82) is 0 Å². The Morgan fingerprint density at radius 2 is 1.85 bits per heavy atom. The maximum Gasteiger partial charge on any atom is 0.326 e. The summed E-state index contributed by atoms with van der Waals surface area (Å²) < 4.78 is 5.69. The monoisotopic (exact) mass is 547 g/mol. The number of carbonyl (C=O) groups is 3. The first-order chi connectivity index (χ1) is 19.0. The number of para-hydroxylation sites is 1. The smallest absolute Gasteiger partial charge is 0.326 e. The summed E-state index contributed by atoms with van der Waals surface area (Å²) in [5, 5.41) is 12.5. The Morgan fingerprint density at radius 3 is 2.59 bits per heavy atom. The van der Waals surface area contributed by atoms with Crippen molar-refractivity contribution < 1.29 is 19.1 Å². The van der Waals surface area contributed by atoms with Gasteiger partial charge in [-0.1, -0.05) is 36.5 Å². The van der Waals surface area contributed by atoms with Crippen LogP contribution in [0.15, 0.2) is 66.0 Å². The first kappa shape index (κ1) is 25.4. The van der Waals surface area contributed by atoms with Crippen LogP contribution in [0.5, 0.6) is 11.8 Å². The van der Waals surface area contributed by atoms with Crippen molar-refractivity contribution in [2.24, 2.45) is 5.92 Å². The molecule has 4 N–H and O–H groups in total. The zero-order chi connectivity index (χ0) is 26.9. The lowest BCUT2D eigenvalue weighted by Crippen LogP contribution is -2.62. The highest BCUT2D eigenvalue weighted by Gasteiger charge is 2.52. The van der Waals surface area contributed by atoms with Gasteiger partial charge in [-0.25, -0.2) is 14.8 Å². The fourth-order valence-corrected chi connectivity index (χ4v) is 7.16. The second-order valence-electron chi connectivity index (χ2n) is 9.95. The normalized spacial score (nSPS) is 27.4. The van der Waals surface area contributed by atoms with Gasteiger partial charge in [0.25, 0.3) is 5.91 Å². The minimum absolute atomic E-state index is 0.0120. The van der Waals surface area contributed by atoms with Crippen molar-refractivity contribution in [3.8, 4) is 11.8 Å². The molecule has 1 aliphatic carbocycles. The van der Waals surface area contributed by atoms with Crippen LogP contribution in [-0.4, -0.2) is 57.9 Å². The minimum Gasteiger partial charge on any atom is -0.424 e. The number of anilines is 1. The van der Waals surface area contributed by atoms with Gasteiger partial charge in [0.15, 0.2) is 0 Å². The Hall–Kier alpha value is -3.90. The van der Waals surface area contributed by atoms with E-state index in [0.29, 0.717) is 35.0 Å². The van der Waals surface area contributed by atoms with Crippen LogP contribution in [0.3, 0.4) is 0 Å². The van der Waals surface area contributed by atoms with Gasteiger partial charge in [-0.15, -0.1) is 0 Å². The summed E-state index contributed by atoms with van der Waals surface area (Å²) in [5.74, 6) is 0.152. The minimum atomic E-state index is -0.312. The Bertz CT molecular complexity index is 1320. The molecule has 0 bridgehead atoms. The van der Waals surface area contributed by atoms with Gasteiger partial charge >= 0.3 is 12.0 Å². The number of thioether (sulfide) groups is 1. The van der Waals surface area contributed by atoms with Crippen molar-refractivity contribution in [3.05, 3.63) is 66.0 Å². The van der Waals surface area contributed by atoms with Crippen LogP contribution in [-0.2, 0) is 9.59 Å². The van der Waals surface area contributed by atoms with Crippen molar-refractivity contribution in [2.45, 2.75) is 49.2 Å². The molecule has 202 valence electrons. The van der Waals surface area contributed by atoms with Crippen LogP contribution in [0.1, 0.15) is 25.7 Å². The highest BCUT2D eigenvalue weighted by molar-refractivity contribution is 8.04. The largest absolute Gasteiger partial charge is 0.424 e. The number of aromatic nitrogens is 2. The number of benzene rings is 1. The van der Waals surface area contributed by atoms with E-state index >= 15 is 0 Å². The fraction of sp³-hybridized carbons (Fsp3) is 0.370. The Kier molecular flexibility index (Phi) is 6.96. The van der Waals surface area contributed by atoms with Crippen molar-refractivity contribution in [2.75, 3.05) is 11.4 Å². The van der Waals surface area contributed by atoms with Crippen molar-refractivity contribution in [1.82, 2.24) is 31.2 Å². The molecule has 3 fully saturated rings. The molecule has 5 atom stereocenters. The number of amides is 4. The summed E-state index contributed by atoms with van der Waals surface area (Å²) in [5.41, 5.74) is 1.24. The van der Waals surface area contributed by atoms with E-state index in [-0.39, 0.29) is 53.3 Å². The summed E-state index contributed by atoms with van der Waals surface area (Å²) >= 11 is 1.46. The predicted octanol–water partition coefficient (Wildman–Crippen LogP) is 2.40. The van der Waals surface area contributed by atoms with E-state index in [2.05, 4.69) is 37.8 Å². The van der Waals surface area contributed by atoms with Gasteiger partial charge in [0.1, 0.15) is 5.75 Å². The van der Waals surface area contributed by atoms with Crippen molar-refractivity contribution >= 4 is 35.3 Å². The van der Waals surface area contributed by atoms with E-state index in [1.807, 2.05) is 30.3 Å². The van der Waals surface area contributed by atoms with Gasteiger partial charge in [-0.05, 0) is 50.4 Å². The number of nitrogens with zero attached hydrogens (tertiary/aromatic N) is 3. The van der Waals surface area contributed by atoms with Gasteiger partial charge in [0, 0.05) is 23.7 Å². The number of carbonyl (C=O) groups excluding carboxylic acids is 3. The van der Waals surface area contributed by atoms with E-state index in [4.69, 9.17) is 4.74 Å². The standard InChI is InChI=1S/C27H29N7O4S/c1-2-20(35)31-15-8-9-16(12-15)32-24(36)23-22-21-19(10-11-28-25(21)39-23)34(27(37)33-22)17-13-29-26(30-14-17)38-18-6-4-3-5-7-18/h2-7,13-16,19,21,25,28H,1,8-12H2,(H,31,35)(H,32,36)(H,33,37)/t15-,16+,19?,21?,25?/m1/s1. The average molecular weight is 548 g/mol. The first-order valence-electron chi connectivity index (χ1n) is 13.0. The number of ether oxygens (including phenoxy) is 1. The summed E-state index contributed by atoms with van der Waals surface area (Å²) in [6.45, 7) is 4.21. The molecule has 12 heteroatoms. The summed E-state index contributed by atoms with van der Waals surface area (Å²) in [7, 11) is 0. The van der Waals surface area contributed by atoms with Crippen LogP contribution in [0.2, 0.25) is 0 Å². The molecular formula is C27H29N7O4S. The number of hydrogen-bond donors (Lipinski definition) is 4. The van der Waals surface area contributed by atoms with Crippen LogP contribution in [0.4, 0.5) is 10.5 Å². The third kappa shape index (κ3) is 5.09. The lowest BCUT2D eigenvalue weighted by atomic mass is 9.86. The molecule has 4 amide bonds. The third-order valence-electron chi connectivity index (χ3n) is 7.49. The van der Waals surface area contributed by atoms with Crippen LogP contribution < -0.4 is 30.9 Å². The third-order valence-corrected chi connectivity index (χ3v) is 8.85. The number of nitrogens with one attached hydrogen (secondary N) is 4. The molecule has 2 saturated heterocycles. The molecule has 6 rings (SSSR count). The van der Waals surface area contributed by atoms with Crippen LogP contribution >= 0.6 is 11.8 Å². The van der Waals surface area contributed by atoms with Gasteiger partial charge in [-0.3, -0.25) is 14.5 Å². The molecule has 0 radical (unpaired) electrons. The van der Waals surface area contributed by atoms with E-state index in [1.165, 1.54) is 17.8 Å². The first-order valence-corrected chi connectivity index (χ1v) is 13.9. The predicted molar refractivity (Wildman–Crippen MR) is 146 cm³/mol. The van der Waals surface area contributed by atoms with E-state index in [9.17, 15) is 14.4 Å². The Morgan fingerprint density at radius 1 is 1.10 bits per heavy atom. The highest BCUT2D eigenvalue weighted by atomic mass is 32.2. The molecular weight excluding hydrogens is 518 g/mol. The van der Waals surface area contributed by atoms with Crippen LogP contribution in [0, 0.1) is 5.92 Å². The van der Waals surface area contributed by atoms with Crippen molar-refractivity contribution in [3.63, 3.8) is 0 Å². The molecule has 0 spiro atoms. The number of piperidine rings is 1. The molecule has 2 aromatic rings. The topological polar surface area (TPSA) is 138 Å². The highest BCUT2D eigenvalue weighted by Crippen LogP contribution is 2.48. The molecule has 1 saturated carbocycles. The van der Waals surface area contributed by atoms with Gasteiger partial charge in [0.05, 0.1) is 34.4 Å². The quantitative estimate of drug-likeness (QED) is 0.388. The van der Waals surface area contributed by atoms with Gasteiger partial charge in [-0.2, -0.15) is 0 Å².